The van der Waals surface area contributed by atoms with Gasteiger partial charge >= 0.3 is 11.9 Å². The minimum Gasteiger partial charge on any atom is -0.481 e. The van der Waals surface area contributed by atoms with Crippen LogP contribution >= 0.6 is 0 Å². The highest BCUT2D eigenvalue weighted by Gasteiger charge is 2.23. The lowest BCUT2D eigenvalue weighted by molar-refractivity contribution is -0.147. The van der Waals surface area contributed by atoms with Crippen LogP contribution in [0.25, 0.3) is 0 Å². The lowest BCUT2D eigenvalue weighted by Crippen LogP contribution is -2.42. The summed E-state index contributed by atoms with van der Waals surface area (Å²) in [6.45, 7) is 0.0600. The normalized spacial score (nSPS) is 11.4. The van der Waals surface area contributed by atoms with Crippen molar-refractivity contribution in [3.05, 3.63) is 71.8 Å². The van der Waals surface area contributed by atoms with Crippen LogP contribution in [0, 0.1) is 0 Å². The zero-order chi connectivity index (χ0) is 18.1. The van der Waals surface area contributed by atoms with E-state index >= 15 is 0 Å². The molecule has 130 valence electrons. The SMILES string of the molecule is O=C(O)CC[C@H](NC(=O)c1ccccc1)C(=O)OCc1ccccc1. The molecular weight excluding hydrogens is 322 g/mol. The summed E-state index contributed by atoms with van der Waals surface area (Å²) in [5, 5.41) is 11.4. The molecule has 1 amide bonds. The first-order valence-corrected chi connectivity index (χ1v) is 7.84. The van der Waals surface area contributed by atoms with E-state index < -0.39 is 23.9 Å². The minimum atomic E-state index is -1.05. The van der Waals surface area contributed by atoms with Crippen molar-refractivity contribution in [3.8, 4) is 0 Å². The molecule has 0 aliphatic heterocycles. The second-order valence-corrected chi connectivity index (χ2v) is 5.42. The third-order valence-corrected chi connectivity index (χ3v) is 3.50. The number of amides is 1. The second kappa shape index (κ2) is 9.22. The Morgan fingerprint density at radius 2 is 1.56 bits per heavy atom. The summed E-state index contributed by atoms with van der Waals surface area (Å²) >= 11 is 0. The van der Waals surface area contributed by atoms with E-state index in [2.05, 4.69) is 5.32 Å². The zero-order valence-electron chi connectivity index (χ0n) is 13.6. The maximum absolute atomic E-state index is 12.3. The smallest absolute Gasteiger partial charge is 0.328 e. The molecular formula is C19H19NO5. The summed E-state index contributed by atoms with van der Waals surface area (Å²) in [5.74, 6) is -2.16. The van der Waals surface area contributed by atoms with E-state index in [1.165, 1.54) is 0 Å². The van der Waals surface area contributed by atoms with Gasteiger partial charge in [0.25, 0.3) is 5.91 Å². The van der Waals surface area contributed by atoms with Gasteiger partial charge in [0.1, 0.15) is 12.6 Å². The maximum Gasteiger partial charge on any atom is 0.328 e. The van der Waals surface area contributed by atoms with E-state index in [4.69, 9.17) is 9.84 Å². The van der Waals surface area contributed by atoms with E-state index in [-0.39, 0.29) is 19.4 Å². The Balaban J connectivity index is 1.99. The second-order valence-electron chi connectivity index (χ2n) is 5.42. The molecule has 2 aromatic carbocycles. The Hall–Kier alpha value is -3.15. The van der Waals surface area contributed by atoms with Gasteiger partial charge in [0.2, 0.25) is 0 Å². The van der Waals surface area contributed by atoms with Gasteiger partial charge in [-0.1, -0.05) is 48.5 Å². The van der Waals surface area contributed by atoms with Crippen molar-refractivity contribution >= 4 is 17.8 Å². The molecule has 0 spiro atoms. The number of carbonyl (C=O) groups is 3. The highest BCUT2D eigenvalue weighted by molar-refractivity contribution is 5.96. The van der Waals surface area contributed by atoms with E-state index in [0.29, 0.717) is 5.56 Å². The molecule has 0 saturated heterocycles. The van der Waals surface area contributed by atoms with Gasteiger partial charge in [-0.2, -0.15) is 0 Å². The quantitative estimate of drug-likeness (QED) is 0.719. The molecule has 0 aliphatic carbocycles. The highest BCUT2D eigenvalue weighted by Crippen LogP contribution is 2.07. The standard InChI is InChI=1S/C19H19NO5/c21-17(22)12-11-16(20-18(23)15-9-5-2-6-10-15)19(24)25-13-14-7-3-1-4-8-14/h1-10,16H,11-13H2,(H,20,23)(H,21,22)/t16-/m0/s1. The van der Waals surface area contributed by atoms with Gasteiger partial charge in [0, 0.05) is 12.0 Å². The molecule has 2 N–H and O–H groups in total. The molecule has 0 bridgehead atoms. The number of aliphatic carboxylic acids is 1. The van der Waals surface area contributed by atoms with Crippen molar-refractivity contribution in [2.24, 2.45) is 0 Å². The number of ether oxygens (including phenoxy) is 1. The highest BCUT2D eigenvalue weighted by atomic mass is 16.5. The van der Waals surface area contributed by atoms with Crippen LogP contribution in [0.2, 0.25) is 0 Å². The molecule has 0 aromatic heterocycles. The minimum absolute atomic E-state index is 0.0401. The lowest BCUT2D eigenvalue weighted by Gasteiger charge is -2.17. The first-order chi connectivity index (χ1) is 12.1. The Kier molecular flexibility index (Phi) is 6.71. The first-order valence-electron chi connectivity index (χ1n) is 7.84. The van der Waals surface area contributed by atoms with Crippen molar-refractivity contribution in [2.45, 2.75) is 25.5 Å². The molecule has 0 saturated carbocycles. The fourth-order valence-electron chi connectivity index (χ4n) is 2.18. The van der Waals surface area contributed by atoms with E-state index in [0.717, 1.165) is 5.56 Å². The Bertz CT molecular complexity index is 715. The number of esters is 1. The molecule has 0 heterocycles. The van der Waals surface area contributed by atoms with Gasteiger partial charge in [-0.25, -0.2) is 4.79 Å². The van der Waals surface area contributed by atoms with Gasteiger partial charge in [0.05, 0.1) is 0 Å². The van der Waals surface area contributed by atoms with E-state index in [1.54, 1.807) is 30.3 Å². The summed E-state index contributed by atoms with van der Waals surface area (Å²) in [4.78, 5) is 35.3. The number of hydrogen-bond acceptors (Lipinski definition) is 4. The summed E-state index contributed by atoms with van der Waals surface area (Å²) in [7, 11) is 0. The van der Waals surface area contributed by atoms with Crippen LogP contribution < -0.4 is 5.32 Å². The van der Waals surface area contributed by atoms with Gasteiger partial charge in [0.15, 0.2) is 0 Å². The van der Waals surface area contributed by atoms with Gasteiger partial charge < -0.3 is 15.2 Å². The van der Waals surface area contributed by atoms with Crippen LogP contribution in [0.5, 0.6) is 0 Å². The van der Waals surface area contributed by atoms with Crippen molar-refractivity contribution in [2.75, 3.05) is 0 Å². The third kappa shape index (κ3) is 6.10. The third-order valence-electron chi connectivity index (χ3n) is 3.50. The number of carbonyl (C=O) groups excluding carboxylic acids is 2. The monoisotopic (exact) mass is 341 g/mol. The summed E-state index contributed by atoms with van der Waals surface area (Å²) in [6.07, 6.45) is -0.290. The first kappa shape index (κ1) is 18.2. The van der Waals surface area contributed by atoms with Gasteiger partial charge in [-0.05, 0) is 24.1 Å². The van der Waals surface area contributed by atoms with Crippen LogP contribution in [0.4, 0.5) is 0 Å². The number of carboxylic acid groups (broad SMARTS) is 1. The average Bonchev–Trinajstić information content (AvgIpc) is 2.64. The molecule has 0 fully saturated rings. The fraction of sp³-hybridized carbons (Fsp3) is 0.211. The molecule has 0 aliphatic rings. The maximum atomic E-state index is 12.3. The number of hydrogen-bond donors (Lipinski definition) is 2. The van der Waals surface area contributed by atoms with Crippen molar-refractivity contribution in [3.63, 3.8) is 0 Å². The molecule has 0 unspecified atom stereocenters. The van der Waals surface area contributed by atoms with E-state index in [9.17, 15) is 14.4 Å². The van der Waals surface area contributed by atoms with Crippen molar-refractivity contribution in [1.29, 1.82) is 0 Å². The topological polar surface area (TPSA) is 92.7 Å². The van der Waals surface area contributed by atoms with E-state index in [1.807, 2.05) is 30.3 Å². The fourth-order valence-corrected chi connectivity index (χ4v) is 2.18. The number of nitrogens with one attached hydrogen (secondary N) is 1. The Morgan fingerprint density at radius 1 is 0.960 bits per heavy atom. The molecule has 25 heavy (non-hydrogen) atoms. The van der Waals surface area contributed by atoms with Crippen LogP contribution in [-0.4, -0.2) is 29.0 Å². The number of benzene rings is 2. The van der Waals surface area contributed by atoms with Gasteiger partial charge in [-0.3, -0.25) is 9.59 Å². The summed E-state index contributed by atoms with van der Waals surface area (Å²) < 4.78 is 5.21. The van der Waals surface area contributed by atoms with Crippen molar-refractivity contribution < 1.29 is 24.2 Å². The van der Waals surface area contributed by atoms with Crippen LogP contribution in [0.1, 0.15) is 28.8 Å². The van der Waals surface area contributed by atoms with Crippen molar-refractivity contribution in [1.82, 2.24) is 5.32 Å². The molecule has 6 nitrogen and oxygen atoms in total. The predicted molar refractivity (Wildman–Crippen MR) is 90.8 cm³/mol. The van der Waals surface area contributed by atoms with Crippen LogP contribution in [-0.2, 0) is 20.9 Å². The van der Waals surface area contributed by atoms with Gasteiger partial charge in [-0.15, -0.1) is 0 Å². The molecule has 2 rings (SSSR count). The number of carboxylic acids is 1. The van der Waals surface area contributed by atoms with Crippen LogP contribution in [0.3, 0.4) is 0 Å². The zero-order valence-corrected chi connectivity index (χ0v) is 13.6. The Morgan fingerprint density at radius 3 is 2.16 bits per heavy atom. The largest absolute Gasteiger partial charge is 0.481 e. The molecule has 6 heteroatoms. The molecule has 2 aromatic rings. The predicted octanol–water partition coefficient (Wildman–Crippen LogP) is 2.39. The summed E-state index contributed by atoms with van der Waals surface area (Å²) in [6, 6.07) is 16.5. The average molecular weight is 341 g/mol. The van der Waals surface area contributed by atoms with Crippen LogP contribution in [0.15, 0.2) is 60.7 Å². The summed E-state index contributed by atoms with van der Waals surface area (Å²) in [5.41, 5.74) is 1.20. The molecule has 1 atom stereocenters. The Labute approximate surface area is 145 Å². The molecule has 0 radical (unpaired) electrons. The number of rotatable bonds is 8. The lowest BCUT2D eigenvalue weighted by atomic mass is 10.1.